The Morgan fingerprint density at radius 1 is 1.38 bits per heavy atom. The lowest BCUT2D eigenvalue weighted by Crippen LogP contribution is -2.11. The Labute approximate surface area is 140 Å². The number of carbonyl (C=O) groups is 1. The smallest absolute Gasteiger partial charge is 0.442 e. The van der Waals surface area contributed by atoms with Crippen molar-refractivity contribution in [2.24, 2.45) is 17.3 Å². The molecule has 1 aromatic rings. The topological polar surface area (TPSA) is 26.3 Å². The standard InChI is InChI=1S/C16H14ClF5O2/c1-15(2)10(6-12(19)16(20,21)22)13(15)14(23)24-7-8-3-4-9(18)5-11(8)17/h3-6,10,13H,7H2,1-2H3/b12-6-/t10-,13-/m0/s1. The van der Waals surface area contributed by atoms with Crippen molar-refractivity contribution in [3.63, 3.8) is 0 Å². The molecular formula is C16H14ClF5O2. The van der Waals surface area contributed by atoms with Gasteiger partial charge in [0.1, 0.15) is 12.4 Å². The summed E-state index contributed by atoms with van der Waals surface area (Å²) in [6, 6.07) is 3.53. The predicted molar refractivity (Wildman–Crippen MR) is 77.2 cm³/mol. The molecule has 8 heteroatoms. The summed E-state index contributed by atoms with van der Waals surface area (Å²) in [5.41, 5.74) is -0.481. The van der Waals surface area contributed by atoms with Crippen LogP contribution in [0.5, 0.6) is 0 Å². The molecule has 0 saturated heterocycles. The first-order valence-electron chi connectivity index (χ1n) is 6.99. The summed E-state index contributed by atoms with van der Waals surface area (Å²) in [5.74, 6) is -5.32. The zero-order valence-corrected chi connectivity index (χ0v) is 13.5. The van der Waals surface area contributed by atoms with Crippen LogP contribution < -0.4 is 0 Å². The first-order valence-corrected chi connectivity index (χ1v) is 7.37. The van der Waals surface area contributed by atoms with Crippen molar-refractivity contribution in [3.05, 3.63) is 46.5 Å². The van der Waals surface area contributed by atoms with Gasteiger partial charge >= 0.3 is 12.1 Å². The molecule has 1 aromatic carbocycles. The number of alkyl halides is 3. The molecule has 0 unspecified atom stereocenters. The molecular weight excluding hydrogens is 355 g/mol. The van der Waals surface area contributed by atoms with E-state index < -0.39 is 41.0 Å². The second-order valence-electron chi connectivity index (χ2n) is 6.18. The number of rotatable bonds is 4. The maximum Gasteiger partial charge on any atom is 0.442 e. The lowest BCUT2D eigenvalue weighted by atomic mass is 10.1. The lowest BCUT2D eigenvalue weighted by Gasteiger charge is -2.07. The van der Waals surface area contributed by atoms with Crippen molar-refractivity contribution < 1.29 is 31.5 Å². The van der Waals surface area contributed by atoms with Gasteiger partial charge in [0.15, 0.2) is 5.83 Å². The largest absolute Gasteiger partial charge is 0.461 e. The number of allylic oxidation sites excluding steroid dienone is 2. The molecule has 1 saturated carbocycles. The summed E-state index contributed by atoms with van der Waals surface area (Å²) < 4.78 is 67.8. The number of hydrogen-bond acceptors (Lipinski definition) is 2. The van der Waals surface area contributed by atoms with Crippen LogP contribution in [0.1, 0.15) is 19.4 Å². The zero-order chi connectivity index (χ0) is 18.3. The van der Waals surface area contributed by atoms with E-state index in [0.29, 0.717) is 11.6 Å². The third-order valence-corrected chi connectivity index (χ3v) is 4.50. The molecule has 0 aromatic heterocycles. The van der Waals surface area contributed by atoms with E-state index in [2.05, 4.69) is 0 Å². The van der Waals surface area contributed by atoms with E-state index in [1.807, 2.05) is 0 Å². The van der Waals surface area contributed by atoms with E-state index in [0.717, 1.165) is 12.1 Å². The molecule has 2 nitrogen and oxygen atoms in total. The molecule has 1 fully saturated rings. The first kappa shape index (κ1) is 18.7. The molecule has 0 aliphatic heterocycles. The van der Waals surface area contributed by atoms with Crippen LogP contribution in [0.25, 0.3) is 0 Å². The van der Waals surface area contributed by atoms with Gasteiger partial charge in [0.05, 0.1) is 10.9 Å². The van der Waals surface area contributed by atoms with Crippen LogP contribution in [0.2, 0.25) is 5.02 Å². The van der Waals surface area contributed by atoms with Crippen molar-refractivity contribution in [2.75, 3.05) is 0 Å². The van der Waals surface area contributed by atoms with Crippen molar-refractivity contribution in [1.82, 2.24) is 0 Å². The van der Waals surface area contributed by atoms with Gasteiger partial charge in [-0.1, -0.05) is 31.5 Å². The van der Waals surface area contributed by atoms with E-state index in [-0.39, 0.29) is 11.6 Å². The Morgan fingerprint density at radius 3 is 2.54 bits per heavy atom. The summed E-state index contributed by atoms with van der Waals surface area (Å²) in [6.45, 7) is 2.85. The molecule has 2 atom stereocenters. The van der Waals surface area contributed by atoms with Crippen LogP contribution in [-0.4, -0.2) is 12.1 Å². The second-order valence-corrected chi connectivity index (χ2v) is 6.59. The Bertz CT molecular complexity index is 682. The highest BCUT2D eigenvalue weighted by atomic mass is 35.5. The van der Waals surface area contributed by atoms with Gasteiger partial charge in [-0.2, -0.15) is 13.2 Å². The van der Waals surface area contributed by atoms with Crippen LogP contribution >= 0.6 is 11.6 Å². The van der Waals surface area contributed by atoms with Crippen LogP contribution in [0, 0.1) is 23.1 Å². The molecule has 132 valence electrons. The van der Waals surface area contributed by atoms with E-state index in [4.69, 9.17) is 16.3 Å². The zero-order valence-electron chi connectivity index (χ0n) is 12.8. The second kappa shape index (κ2) is 6.35. The average Bonchev–Trinajstić information content (AvgIpc) is 2.97. The van der Waals surface area contributed by atoms with Gasteiger partial charge in [-0.05, 0) is 29.5 Å². The number of carbonyl (C=O) groups excluding carboxylic acids is 1. The number of halogens is 6. The maximum atomic E-state index is 13.1. The molecule has 0 bridgehead atoms. The molecule has 0 amide bonds. The van der Waals surface area contributed by atoms with Gasteiger partial charge in [-0.3, -0.25) is 4.79 Å². The van der Waals surface area contributed by atoms with E-state index in [9.17, 15) is 26.7 Å². The fourth-order valence-corrected chi connectivity index (χ4v) is 2.79. The third kappa shape index (κ3) is 3.88. The van der Waals surface area contributed by atoms with Crippen molar-refractivity contribution in [1.29, 1.82) is 0 Å². The Balaban J connectivity index is 2.02. The summed E-state index contributed by atoms with van der Waals surface area (Å²) in [6.07, 6.45) is -4.66. The SMILES string of the molecule is CC1(C)[C@H](C(=O)OCc2ccc(F)cc2Cl)[C@@H]1/C=C(\F)C(F)(F)F. The van der Waals surface area contributed by atoms with E-state index in [1.54, 1.807) is 13.8 Å². The monoisotopic (exact) mass is 368 g/mol. The first-order chi connectivity index (χ1) is 10.9. The summed E-state index contributed by atoms with van der Waals surface area (Å²) in [4.78, 5) is 12.0. The molecule has 2 rings (SSSR count). The van der Waals surface area contributed by atoms with Crippen LogP contribution in [-0.2, 0) is 16.1 Å². The molecule has 24 heavy (non-hydrogen) atoms. The average molecular weight is 369 g/mol. The van der Waals surface area contributed by atoms with Crippen LogP contribution in [0.3, 0.4) is 0 Å². The van der Waals surface area contributed by atoms with Gasteiger partial charge in [0.2, 0.25) is 0 Å². The van der Waals surface area contributed by atoms with Gasteiger partial charge in [0, 0.05) is 5.56 Å². The van der Waals surface area contributed by atoms with Gasteiger partial charge in [0.25, 0.3) is 0 Å². The quantitative estimate of drug-likeness (QED) is 0.538. The molecule has 0 N–H and O–H groups in total. The fraction of sp³-hybridized carbons (Fsp3) is 0.438. The van der Waals surface area contributed by atoms with E-state index in [1.165, 1.54) is 6.07 Å². The van der Waals surface area contributed by atoms with Crippen molar-refractivity contribution in [3.8, 4) is 0 Å². The minimum atomic E-state index is -5.07. The highest BCUT2D eigenvalue weighted by molar-refractivity contribution is 6.31. The van der Waals surface area contributed by atoms with Gasteiger partial charge in [-0.15, -0.1) is 0 Å². The van der Waals surface area contributed by atoms with Crippen molar-refractivity contribution in [2.45, 2.75) is 26.6 Å². The molecule has 0 spiro atoms. The molecule has 1 aliphatic carbocycles. The molecule has 0 heterocycles. The molecule has 1 aliphatic rings. The number of benzene rings is 1. The Kier molecular flexibility index (Phi) is 4.95. The number of ether oxygens (including phenoxy) is 1. The summed E-state index contributed by atoms with van der Waals surface area (Å²) >= 11 is 5.80. The van der Waals surface area contributed by atoms with Crippen LogP contribution in [0.4, 0.5) is 22.0 Å². The maximum absolute atomic E-state index is 13.1. The van der Waals surface area contributed by atoms with Gasteiger partial charge < -0.3 is 4.74 Å². The number of hydrogen-bond donors (Lipinski definition) is 0. The minimum absolute atomic E-state index is 0.0671. The summed E-state index contributed by atoms with van der Waals surface area (Å²) in [5, 5.41) is 0.0671. The highest BCUT2D eigenvalue weighted by Gasteiger charge is 2.62. The minimum Gasteiger partial charge on any atom is -0.461 e. The normalized spacial score (nSPS) is 23.1. The third-order valence-electron chi connectivity index (χ3n) is 4.15. The number of esters is 1. The van der Waals surface area contributed by atoms with Crippen molar-refractivity contribution >= 4 is 17.6 Å². The Morgan fingerprint density at radius 2 is 2.00 bits per heavy atom. The van der Waals surface area contributed by atoms with Gasteiger partial charge in [-0.25, -0.2) is 8.78 Å². The fourth-order valence-electron chi connectivity index (χ4n) is 2.57. The van der Waals surface area contributed by atoms with E-state index >= 15 is 0 Å². The lowest BCUT2D eigenvalue weighted by molar-refractivity contribution is -0.147. The predicted octanol–water partition coefficient (Wildman–Crippen LogP) is 5.21. The Hall–Kier alpha value is -1.63. The van der Waals surface area contributed by atoms with Crippen LogP contribution in [0.15, 0.2) is 30.1 Å². The highest BCUT2D eigenvalue weighted by Crippen LogP contribution is 2.60. The summed E-state index contributed by atoms with van der Waals surface area (Å²) in [7, 11) is 0. The molecule has 0 radical (unpaired) electrons.